The zero-order valence-electron chi connectivity index (χ0n) is 17.8. The molecule has 0 aliphatic carbocycles. The summed E-state index contributed by atoms with van der Waals surface area (Å²) in [6.45, 7) is 4.90. The molecule has 1 aromatic heterocycles. The van der Waals surface area contributed by atoms with E-state index in [0.29, 0.717) is 29.3 Å². The first-order valence-electron chi connectivity index (χ1n) is 10.8. The molecular weight excluding hydrogens is 428 g/mol. The number of carbonyl (C=O) groups is 1. The quantitative estimate of drug-likeness (QED) is 0.442. The first kappa shape index (κ1) is 21.8. The molecule has 5 nitrogen and oxygen atoms in total. The highest BCUT2D eigenvalue weighted by atomic mass is 35.5. The second kappa shape index (κ2) is 9.79. The van der Waals surface area contributed by atoms with Crippen LogP contribution in [-0.2, 0) is 30.8 Å². The normalized spacial score (nSPS) is 13.3. The predicted octanol–water partition coefficient (Wildman–Crippen LogP) is 5.51. The fraction of sp³-hybridized carbons (Fsp3) is 0.375. The smallest absolute Gasteiger partial charge is 0.224 e. The molecule has 3 aromatic rings. The van der Waals surface area contributed by atoms with Crippen molar-refractivity contribution in [2.45, 2.75) is 52.2 Å². The molecule has 1 aliphatic rings. The number of hydrogen-bond acceptors (Lipinski definition) is 3. The van der Waals surface area contributed by atoms with Crippen LogP contribution in [0.5, 0.6) is 0 Å². The zero-order chi connectivity index (χ0) is 21.8. The molecule has 0 bridgehead atoms. The molecule has 0 radical (unpaired) electrons. The average Bonchev–Trinajstić information content (AvgIpc) is 3.11. The molecule has 7 heteroatoms. The van der Waals surface area contributed by atoms with Crippen LogP contribution in [0.1, 0.15) is 37.3 Å². The van der Waals surface area contributed by atoms with E-state index in [-0.39, 0.29) is 5.91 Å². The number of hydrogen-bond donors (Lipinski definition) is 0. The van der Waals surface area contributed by atoms with Crippen LogP contribution in [0, 0.1) is 4.77 Å². The fourth-order valence-electron chi connectivity index (χ4n) is 3.99. The molecule has 1 aliphatic heterocycles. The molecule has 31 heavy (non-hydrogen) atoms. The first-order valence-corrected chi connectivity index (χ1v) is 11.6. The molecule has 0 fully saturated rings. The molecule has 0 saturated carbocycles. The number of rotatable bonds is 7. The maximum absolute atomic E-state index is 12.9. The van der Waals surface area contributed by atoms with Gasteiger partial charge in [0.2, 0.25) is 5.91 Å². The number of carbonyl (C=O) groups excluding carboxylic acids is 1. The van der Waals surface area contributed by atoms with Gasteiger partial charge < -0.3 is 4.90 Å². The van der Waals surface area contributed by atoms with Crippen molar-refractivity contribution < 1.29 is 4.79 Å². The number of unbranched alkanes of at least 4 members (excludes halogenated alkanes) is 1. The summed E-state index contributed by atoms with van der Waals surface area (Å²) in [5.74, 6) is 0.974. The summed E-state index contributed by atoms with van der Waals surface area (Å²) in [6, 6.07) is 16.0. The van der Waals surface area contributed by atoms with Crippen molar-refractivity contribution in [1.29, 1.82) is 0 Å². The number of fused-ring (bicyclic) bond motifs is 1. The van der Waals surface area contributed by atoms with Gasteiger partial charge in [0.25, 0.3) is 0 Å². The van der Waals surface area contributed by atoms with Gasteiger partial charge in [0.05, 0.1) is 6.54 Å². The van der Waals surface area contributed by atoms with Crippen LogP contribution >= 0.6 is 23.8 Å². The third-order valence-corrected chi connectivity index (χ3v) is 6.46. The number of aryl methyl sites for hydroxylation is 1. The minimum Gasteiger partial charge on any atom is -0.338 e. The number of benzene rings is 2. The van der Waals surface area contributed by atoms with Gasteiger partial charge >= 0.3 is 0 Å². The van der Waals surface area contributed by atoms with Gasteiger partial charge in [-0.3, -0.25) is 9.36 Å². The van der Waals surface area contributed by atoms with Gasteiger partial charge in [0.1, 0.15) is 0 Å². The maximum Gasteiger partial charge on any atom is 0.224 e. The van der Waals surface area contributed by atoms with E-state index in [2.05, 4.69) is 29.7 Å². The molecule has 162 valence electrons. The Morgan fingerprint density at radius 2 is 1.84 bits per heavy atom. The maximum atomic E-state index is 12.9. The third kappa shape index (κ3) is 4.91. The Kier molecular flexibility index (Phi) is 6.88. The average molecular weight is 455 g/mol. The Hall–Kier alpha value is -2.44. The highest BCUT2D eigenvalue weighted by molar-refractivity contribution is 7.71. The fourth-order valence-corrected chi connectivity index (χ4v) is 4.42. The van der Waals surface area contributed by atoms with Crippen LogP contribution in [-0.4, -0.2) is 31.7 Å². The number of halogens is 1. The van der Waals surface area contributed by atoms with Crippen molar-refractivity contribution in [3.05, 3.63) is 69.5 Å². The summed E-state index contributed by atoms with van der Waals surface area (Å²) >= 11 is 11.8. The number of nitrogens with zero attached hydrogens (tertiary/aromatic N) is 4. The van der Waals surface area contributed by atoms with Crippen LogP contribution < -0.4 is 0 Å². The van der Waals surface area contributed by atoms with Crippen LogP contribution in [0.15, 0.2) is 48.5 Å². The molecule has 0 N–H and O–H groups in total. The lowest BCUT2D eigenvalue weighted by atomic mass is 10.00. The summed E-state index contributed by atoms with van der Waals surface area (Å²) in [4.78, 5) is 14.8. The molecule has 0 spiro atoms. The van der Waals surface area contributed by atoms with Gasteiger partial charge in [0, 0.05) is 36.6 Å². The molecule has 2 heterocycles. The summed E-state index contributed by atoms with van der Waals surface area (Å²) in [5.41, 5.74) is 3.56. The summed E-state index contributed by atoms with van der Waals surface area (Å²) < 4.78 is 4.53. The van der Waals surface area contributed by atoms with Crippen LogP contribution in [0.4, 0.5) is 0 Å². The predicted molar refractivity (Wildman–Crippen MR) is 127 cm³/mol. The van der Waals surface area contributed by atoms with Crippen molar-refractivity contribution in [1.82, 2.24) is 19.2 Å². The van der Waals surface area contributed by atoms with E-state index >= 15 is 0 Å². The topological polar surface area (TPSA) is 43.1 Å². The van der Waals surface area contributed by atoms with E-state index in [4.69, 9.17) is 28.9 Å². The van der Waals surface area contributed by atoms with E-state index in [1.54, 1.807) is 4.68 Å². The Morgan fingerprint density at radius 3 is 2.58 bits per heavy atom. The van der Waals surface area contributed by atoms with E-state index in [9.17, 15) is 4.79 Å². The zero-order valence-corrected chi connectivity index (χ0v) is 19.3. The Morgan fingerprint density at radius 1 is 1.10 bits per heavy atom. The Labute approximate surface area is 193 Å². The largest absolute Gasteiger partial charge is 0.338 e. The minimum atomic E-state index is 0.146. The first-order chi connectivity index (χ1) is 15.1. The van der Waals surface area contributed by atoms with Gasteiger partial charge in [-0.1, -0.05) is 49.2 Å². The van der Waals surface area contributed by atoms with Crippen molar-refractivity contribution in [2.24, 2.45) is 0 Å². The lowest BCUT2D eigenvalue weighted by Gasteiger charge is -2.28. The second-order valence-corrected chi connectivity index (χ2v) is 8.73. The molecule has 0 unspecified atom stereocenters. The van der Waals surface area contributed by atoms with Gasteiger partial charge in [-0.2, -0.15) is 5.10 Å². The van der Waals surface area contributed by atoms with E-state index < -0.39 is 0 Å². The molecular formula is C24H27ClN4OS. The van der Waals surface area contributed by atoms with Gasteiger partial charge in [0.15, 0.2) is 10.6 Å². The van der Waals surface area contributed by atoms with Crippen molar-refractivity contribution in [3.8, 4) is 11.4 Å². The molecule has 1 amide bonds. The molecule has 2 aromatic carbocycles. The van der Waals surface area contributed by atoms with Crippen LogP contribution in [0.2, 0.25) is 5.02 Å². The summed E-state index contributed by atoms with van der Waals surface area (Å²) in [6.07, 6.45) is 3.39. The molecule has 0 saturated heterocycles. The number of aromatic nitrogens is 3. The van der Waals surface area contributed by atoms with E-state index in [1.807, 2.05) is 35.2 Å². The summed E-state index contributed by atoms with van der Waals surface area (Å²) in [5, 5.41) is 5.47. The highest BCUT2D eigenvalue weighted by Crippen LogP contribution is 2.22. The van der Waals surface area contributed by atoms with E-state index in [0.717, 1.165) is 43.7 Å². The van der Waals surface area contributed by atoms with Gasteiger partial charge in [-0.05, 0) is 60.5 Å². The molecule has 4 rings (SSSR count). The number of amides is 1. The SMILES string of the molecule is CCCCn1c(-c2ccc(Cl)cc2)nn(CCC(=O)N2CCc3ccccc3C2)c1=S. The van der Waals surface area contributed by atoms with Gasteiger partial charge in [-0.25, -0.2) is 4.68 Å². The second-order valence-electron chi connectivity index (χ2n) is 7.93. The van der Waals surface area contributed by atoms with Crippen molar-refractivity contribution in [2.75, 3.05) is 6.54 Å². The minimum absolute atomic E-state index is 0.146. The van der Waals surface area contributed by atoms with E-state index in [1.165, 1.54) is 11.1 Å². The Balaban J connectivity index is 1.50. The third-order valence-electron chi connectivity index (χ3n) is 5.78. The van der Waals surface area contributed by atoms with Crippen molar-refractivity contribution in [3.63, 3.8) is 0 Å². The van der Waals surface area contributed by atoms with Crippen LogP contribution in [0.3, 0.4) is 0 Å². The Bertz CT molecular complexity index is 1120. The van der Waals surface area contributed by atoms with Crippen LogP contribution in [0.25, 0.3) is 11.4 Å². The lowest BCUT2D eigenvalue weighted by Crippen LogP contribution is -2.36. The lowest BCUT2D eigenvalue weighted by molar-refractivity contribution is -0.132. The standard InChI is InChI=1S/C24H27ClN4OS/c1-2-3-14-28-23(19-8-10-21(25)11-9-19)26-29(24(28)31)16-13-22(30)27-15-12-18-6-4-5-7-20(18)17-27/h4-11H,2-3,12-17H2,1H3. The molecule has 0 atom stereocenters. The summed E-state index contributed by atoms with van der Waals surface area (Å²) in [7, 11) is 0. The van der Waals surface area contributed by atoms with Gasteiger partial charge in [-0.15, -0.1) is 0 Å². The monoisotopic (exact) mass is 454 g/mol. The highest BCUT2D eigenvalue weighted by Gasteiger charge is 2.21. The van der Waals surface area contributed by atoms with Crippen molar-refractivity contribution >= 4 is 29.7 Å².